The molecule has 0 spiro atoms. The van der Waals surface area contributed by atoms with Gasteiger partial charge in [0.25, 0.3) is 0 Å². The average molecular weight is 306 g/mol. The summed E-state index contributed by atoms with van der Waals surface area (Å²) in [7, 11) is 1.67. The molecular formula is C11H20BrN3O2. The van der Waals surface area contributed by atoms with Gasteiger partial charge in [0.2, 0.25) is 0 Å². The van der Waals surface area contributed by atoms with Gasteiger partial charge in [0.05, 0.1) is 41.7 Å². The zero-order chi connectivity index (χ0) is 12.8. The molecule has 5 nitrogen and oxygen atoms in total. The van der Waals surface area contributed by atoms with Crippen molar-refractivity contribution in [2.75, 3.05) is 20.3 Å². The summed E-state index contributed by atoms with van der Waals surface area (Å²) in [5.41, 5.74) is 7.13. The molecule has 98 valence electrons. The van der Waals surface area contributed by atoms with Gasteiger partial charge >= 0.3 is 0 Å². The molecule has 0 bridgehead atoms. The van der Waals surface area contributed by atoms with E-state index in [1.807, 2.05) is 18.5 Å². The third-order valence-electron chi connectivity index (χ3n) is 2.59. The lowest BCUT2D eigenvalue weighted by Gasteiger charge is -2.21. The zero-order valence-electron chi connectivity index (χ0n) is 10.5. The first-order valence-corrected chi connectivity index (χ1v) is 6.48. The van der Waals surface area contributed by atoms with E-state index in [-0.39, 0.29) is 12.1 Å². The van der Waals surface area contributed by atoms with Crippen molar-refractivity contribution in [3.8, 4) is 0 Å². The monoisotopic (exact) mass is 305 g/mol. The van der Waals surface area contributed by atoms with Crippen molar-refractivity contribution >= 4 is 15.9 Å². The summed E-state index contributed by atoms with van der Waals surface area (Å²) >= 11 is 3.47. The molecule has 1 aromatic rings. The first-order valence-electron chi connectivity index (χ1n) is 5.69. The Bertz CT molecular complexity index is 343. The number of nitrogens with two attached hydrogens (primary N) is 1. The fourth-order valence-corrected chi connectivity index (χ4v) is 2.21. The Morgan fingerprint density at radius 3 is 2.88 bits per heavy atom. The summed E-state index contributed by atoms with van der Waals surface area (Å²) in [6, 6.07) is -0.205. The maximum atomic E-state index is 6.19. The predicted octanol–water partition coefficient (Wildman–Crippen LogP) is 1.72. The van der Waals surface area contributed by atoms with Gasteiger partial charge in [-0.2, -0.15) is 5.10 Å². The third-order valence-corrected chi connectivity index (χ3v) is 3.20. The average Bonchev–Trinajstić information content (AvgIpc) is 2.67. The van der Waals surface area contributed by atoms with Crippen LogP contribution >= 0.6 is 15.9 Å². The fraction of sp³-hybridized carbons (Fsp3) is 0.727. The SMILES string of the molecule is CCOC(C)C(N)c1c(Br)cnn1CCOC. The van der Waals surface area contributed by atoms with Crippen molar-refractivity contribution in [3.05, 3.63) is 16.4 Å². The van der Waals surface area contributed by atoms with Crippen LogP contribution in [0.4, 0.5) is 0 Å². The molecule has 2 atom stereocenters. The van der Waals surface area contributed by atoms with Gasteiger partial charge in [-0.25, -0.2) is 0 Å². The molecule has 1 aromatic heterocycles. The first-order chi connectivity index (χ1) is 8.11. The molecule has 0 fully saturated rings. The Balaban J connectivity index is 2.83. The Morgan fingerprint density at radius 1 is 1.59 bits per heavy atom. The molecular weight excluding hydrogens is 286 g/mol. The van der Waals surface area contributed by atoms with Crippen LogP contribution in [-0.2, 0) is 16.0 Å². The number of methoxy groups -OCH3 is 1. The van der Waals surface area contributed by atoms with Crippen LogP contribution in [-0.4, -0.2) is 36.2 Å². The van der Waals surface area contributed by atoms with Gasteiger partial charge in [-0.15, -0.1) is 0 Å². The predicted molar refractivity (Wildman–Crippen MR) is 69.8 cm³/mol. The van der Waals surface area contributed by atoms with Gasteiger partial charge in [-0.3, -0.25) is 4.68 Å². The largest absolute Gasteiger partial charge is 0.383 e. The van der Waals surface area contributed by atoms with E-state index < -0.39 is 0 Å². The highest BCUT2D eigenvalue weighted by Gasteiger charge is 2.22. The highest BCUT2D eigenvalue weighted by molar-refractivity contribution is 9.10. The van der Waals surface area contributed by atoms with Crippen molar-refractivity contribution in [2.24, 2.45) is 5.73 Å². The van der Waals surface area contributed by atoms with E-state index in [1.54, 1.807) is 13.3 Å². The summed E-state index contributed by atoms with van der Waals surface area (Å²) in [6.45, 7) is 5.87. The Hall–Kier alpha value is -0.430. The summed E-state index contributed by atoms with van der Waals surface area (Å²) in [5.74, 6) is 0. The lowest BCUT2D eigenvalue weighted by Crippen LogP contribution is -2.29. The normalized spacial score (nSPS) is 14.9. The molecule has 0 saturated carbocycles. The summed E-state index contributed by atoms with van der Waals surface area (Å²) in [5, 5.41) is 4.27. The van der Waals surface area contributed by atoms with E-state index in [1.165, 1.54) is 0 Å². The number of hydrogen-bond acceptors (Lipinski definition) is 4. The van der Waals surface area contributed by atoms with Gasteiger partial charge in [0.15, 0.2) is 0 Å². The highest BCUT2D eigenvalue weighted by Crippen LogP contribution is 2.25. The number of rotatable bonds is 7. The molecule has 0 aliphatic carbocycles. The smallest absolute Gasteiger partial charge is 0.0755 e. The second-order valence-electron chi connectivity index (χ2n) is 3.78. The number of aromatic nitrogens is 2. The van der Waals surface area contributed by atoms with Gasteiger partial charge in [-0.1, -0.05) is 0 Å². The Morgan fingerprint density at radius 2 is 2.29 bits per heavy atom. The number of hydrogen-bond donors (Lipinski definition) is 1. The summed E-state index contributed by atoms with van der Waals surface area (Å²) in [4.78, 5) is 0. The van der Waals surface area contributed by atoms with Crippen molar-refractivity contribution in [1.29, 1.82) is 0 Å². The van der Waals surface area contributed by atoms with Crippen LogP contribution in [0.5, 0.6) is 0 Å². The summed E-state index contributed by atoms with van der Waals surface area (Å²) < 4.78 is 13.3. The molecule has 0 aromatic carbocycles. The van der Waals surface area contributed by atoms with Crippen LogP contribution in [0.2, 0.25) is 0 Å². The topological polar surface area (TPSA) is 62.3 Å². The minimum atomic E-state index is -0.205. The number of ether oxygens (including phenoxy) is 2. The molecule has 0 saturated heterocycles. The molecule has 0 aliphatic rings. The minimum Gasteiger partial charge on any atom is -0.383 e. The number of nitrogens with zero attached hydrogens (tertiary/aromatic N) is 2. The van der Waals surface area contributed by atoms with E-state index in [0.717, 1.165) is 10.2 Å². The van der Waals surface area contributed by atoms with Crippen LogP contribution in [0.25, 0.3) is 0 Å². The van der Waals surface area contributed by atoms with Crippen LogP contribution in [0.3, 0.4) is 0 Å². The van der Waals surface area contributed by atoms with Crippen molar-refractivity contribution in [2.45, 2.75) is 32.5 Å². The fourth-order valence-electron chi connectivity index (χ4n) is 1.65. The first kappa shape index (κ1) is 14.6. The molecule has 17 heavy (non-hydrogen) atoms. The molecule has 6 heteroatoms. The quantitative estimate of drug-likeness (QED) is 0.833. The maximum Gasteiger partial charge on any atom is 0.0755 e. The highest BCUT2D eigenvalue weighted by atomic mass is 79.9. The Labute approximate surface area is 110 Å². The van der Waals surface area contributed by atoms with Crippen molar-refractivity contribution < 1.29 is 9.47 Å². The second kappa shape index (κ2) is 7.10. The number of halogens is 1. The van der Waals surface area contributed by atoms with E-state index in [9.17, 15) is 0 Å². The van der Waals surface area contributed by atoms with Crippen molar-refractivity contribution in [1.82, 2.24) is 9.78 Å². The van der Waals surface area contributed by atoms with Gasteiger partial charge < -0.3 is 15.2 Å². The molecule has 2 N–H and O–H groups in total. The molecule has 2 unspecified atom stereocenters. The maximum absolute atomic E-state index is 6.19. The molecule has 1 rings (SSSR count). The zero-order valence-corrected chi connectivity index (χ0v) is 12.1. The Kier molecular flexibility index (Phi) is 6.11. The molecule has 0 radical (unpaired) electrons. The standard InChI is InChI=1S/C11H20BrN3O2/c1-4-17-8(2)10(13)11-9(12)7-14-15(11)5-6-16-3/h7-8,10H,4-6,13H2,1-3H3. The van der Waals surface area contributed by atoms with E-state index in [4.69, 9.17) is 15.2 Å². The molecule has 0 amide bonds. The van der Waals surface area contributed by atoms with Crippen molar-refractivity contribution in [3.63, 3.8) is 0 Å². The van der Waals surface area contributed by atoms with Gasteiger partial charge in [0.1, 0.15) is 0 Å². The van der Waals surface area contributed by atoms with Gasteiger partial charge in [0, 0.05) is 13.7 Å². The second-order valence-corrected chi connectivity index (χ2v) is 4.63. The molecule has 0 aliphatic heterocycles. The van der Waals surface area contributed by atoms with E-state index in [0.29, 0.717) is 19.8 Å². The lowest BCUT2D eigenvalue weighted by atomic mass is 10.1. The van der Waals surface area contributed by atoms with Crippen LogP contribution in [0.1, 0.15) is 25.6 Å². The summed E-state index contributed by atoms with van der Waals surface area (Å²) in [6.07, 6.45) is 1.71. The minimum absolute atomic E-state index is 0.0469. The third kappa shape index (κ3) is 3.77. The lowest BCUT2D eigenvalue weighted by molar-refractivity contribution is 0.0547. The van der Waals surface area contributed by atoms with Crippen LogP contribution in [0.15, 0.2) is 10.7 Å². The molecule has 1 heterocycles. The van der Waals surface area contributed by atoms with Crippen LogP contribution < -0.4 is 5.73 Å². The van der Waals surface area contributed by atoms with Gasteiger partial charge in [-0.05, 0) is 29.8 Å². The van der Waals surface area contributed by atoms with E-state index >= 15 is 0 Å². The van der Waals surface area contributed by atoms with Crippen LogP contribution in [0, 0.1) is 0 Å². The van der Waals surface area contributed by atoms with E-state index in [2.05, 4.69) is 21.0 Å².